The van der Waals surface area contributed by atoms with Gasteiger partial charge in [0.2, 0.25) is 5.88 Å². The van der Waals surface area contributed by atoms with Crippen LogP contribution in [0.2, 0.25) is 0 Å². The van der Waals surface area contributed by atoms with Gasteiger partial charge in [-0.05, 0) is 54.1 Å². The van der Waals surface area contributed by atoms with Crippen molar-refractivity contribution in [1.29, 1.82) is 0 Å². The van der Waals surface area contributed by atoms with Gasteiger partial charge < -0.3 is 15.8 Å². The maximum Gasteiger partial charge on any atom is 0.261 e. The second-order valence-corrected chi connectivity index (χ2v) is 6.65. The van der Waals surface area contributed by atoms with Crippen molar-refractivity contribution < 1.29 is 18.3 Å². The summed E-state index contributed by atoms with van der Waals surface area (Å²) >= 11 is 0. The van der Waals surface area contributed by atoms with Gasteiger partial charge in [0, 0.05) is 29.2 Å². The molecule has 0 radical (unpaired) electrons. The van der Waals surface area contributed by atoms with Crippen LogP contribution in [0.5, 0.6) is 11.6 Å². The highest BCUT2D eigenvalue weighted by Crippen LogP contribution is 2.32. The number of benzene rings is 3. The number of halogens is 2. The Labute approximate surface area is 177 Å². The first-order valence-corrected chi connectivity index (χ1v) is 9.35. The average molecular weight is 417 g/mol. The molecular weight excluding hydrogens is 400 g/mol. The number of rotatable bonds is 5. The van der Waals surface area contributed by atoms with E-state index in [0.717, 1.165) is 23.3 Å². The molecule has 4 rings (SSSR count). The second kappa shape index (κ2) is 8.62. The van der Waals surface area contributed by atoms with E-state index in [1.165, 1.54) is 6.07 Å². The molecule has 3 aromatic carbocycles. The summed E-state index contributed by atoms with van der Waals surface area (Å²) in [4.78, 5) is 16.4. The lowest BCUT2D eigenvalue weighted by Crippen LogP contribution is -2.15. The zero-order chi connectivity index (χ0) is 21.8. The molecule has 1 aromatic heterocycles. The molecule has 4 aromatic rings. The van der Waals surface area contributed by atoms with Crippen molar-refractivity contribution in [3.63, 3.8) is 0 Å². The predicted octanol–water partition coefficient (Wildman–Crippen LogP) is 5.65. The summed E-state index contributed by atoms with van der Waals surface area (Å²) in [5.74, 6) is -1.70. The highest BCUT2D eigenvalue weighted by Gasteiger charge is 2.17. The molecule has 0 spiro atoms. The van der Waals surface area contributed by atoms with Crippen LogP contribution in [0.4, 0.5) is 20.2 Å². The van der Waals surface area contributed by atoms with E-state index < -0.39 is 23.1 Å². The van der Waals surface area contributed by atoms with Crippen LogP contribution in [0.25, 0.3) is 11.1 Å². The number of nitrogen functional groups attached to an aromatic ring is 1. The smallest absolute Gasteiger partial charge is 0.261 e. The zero-order valence-electron chi connectivity index (χ0n) is 16.2. The molecule has 1 amide bonds. The van der Waals surface area contributed by atoms with Crippen molar-refractivity contribution >= 4 is 17.3 Å². The van der Waals surface area contributed by atoms with Gasteiger partial charge in [0.25, 0.3) is 5.91 Å². The fourth-order valence-electron chi connectivity index (χ4n) is 3.02. The van der Waals surface area contributed by atoms with Crippen LogP contribution >= 0.6 is 0 Å². The average Bonchev–Trinajstić information content (AvgIpc) is 2.76. The van der Waals surface area contributed by atoms with Crippen molar-refractivity contribution in [2.45, 2.75) is 0 Å². The van der Waals surface area contributed by atoms with Crippen LogP contribution < -0.4 is 15.8 Å². The third-order valence-electron chi connectivity index (χ3n) is 4.53. The topological polar surface area (TPSA) is 77.2 Å². The summed E-state index contributed by atoms with van der Waals surface area (Å²) in [6.07, 6.45) is 1.63. The van der Waals surface area contributed by atoms with E-state index in [-0.39, 0.29) is 0 Å². The van der Waals surface area contributed by atoms with E-state index in [4.69, 9.17) is 10.5 Å². The normalized spacial score (nSPS) is 10.5. The summed E-state index contributed by atoms with van der Waals surface area (Å²) < 4.78 is 33.3. The Hall–Kier alpha value is -4.26. The Morgan fingerprint density at radius 1 is 0.903 bits per heavy atom. The largest absolute Gasteiger partial charge is 0.439 e. The quantitative estimate of drug-likeness (QED) is 0.411. The van der Waals surface area contributed by atoms with E-state index in [0.29, 0.717) is 23.0 Å². The van der Waals surface area contributed by atoms with Crippen LogP contribution in [0.15, 0.2) is 85.1 Å². The van der Waals surface area contributed by atoms with Crippen LogP contribution in [-0.2, 0) is 0 Å². The molecule has 0 unspecified atom stereocenters. The van der Waals surface area contributed by atoms with Gasteiger partial charge in [-0.15, -0.1) is 0 Å². The van der Waals surface area contributed by atoms with Crippen molar-refractivity contribution in [2.24, 2.45) is 0 Å². The van der Waals surface area contributed by atoms with Gasteiger partial charge in [0.15, 0.2) is 0 Å². The van der Waals surface area contributed by atoms with Crippen LogP contribution in [0, 0.1) is 11.6 Å². The lowest BCUT2D eigenvalue weighted by Gasteiger charge is -2.11. The van der Waals surface area contributed by atoms with Gasteiger partial charge in [-0.3, -0.25) is 4.79 Å². The molecule has 0 atom stereocenters. The number of carbonyl (C=O) groups is 1. The lowest BCUT2D eigenvalue weighted by molar-refractivity contribution is 0.101. The molecule has 0 fully saturated rings. The van der Waals surface area contributed by atoms with Crippen LogP contribution in [0.3, 0.4) is 0 Å². The molecular formula is C24H17F2N3O2. The number of carbonyl (C=O) groups excluding carboxylic acids is 1. The summed E-state index contributed by atoms with van der Waals surface area (Å²) in [7, 11) is 0. The minimum absolute atomic E-state index is 0.385. The van der Waals surface area contributed by atoms with E-state index in [2.05, 4.69) is 10.3 Å². The molecule has 7 heteroatoms. The van der Waals surface area contributed by atoms with Gasteiger partial charge in [-0.1, -0.05) is 24.3 Å². The predicted molar refractivity (Wildman–Crippen MR) is 115 cm³/mol. The number of aromatic nitrogens is 1. The van der Waals surface area contributed by atoms with E-state index in [9.17, 15) is 13.6 Å². The monoisotopic (exact) mass is 417 g/mol. The number of hydrogen-bond acceptors (Lipinski definition) is 4. The number of ether oxygens (including phenoxy) is 1. The number of pyridine rings is 1. The van der Waals surface area contributed by atoms with E-state index in [1.807, 2.05) is 6.07 Å². The first-order chi connectivity index (χ1) is 15.0. The molecule has 3 N–H and O–H groups in total. The number of nitrogens with zero attached hydrogens (tertiary/aromatic N) is 1. The highest BCUT2D eigenvalue weighted by molar-refractivity contribution is 6.04. The summed E-state index contributed by atoms with van der Waals surface area (Å²) in [5.41, 5.74) is 7.92. The van der Waals surface area contributed by atoms with E-state index >= 15 is 0 Å². The number of hydrogen-bond donors (Lipinski definition) is 2. The molecule has 5 nitrogen and oxygen atoms in total. The van der Waals surface area contributed by atoms with E-state index in [1.54, 1.807) is 60.8 Å². The molecule has 1 heterocycles. The molecule has 0 aliphatic rings. The van der Waals surface area contributed by atoms with Gasteiger partial charge in [0.05, 0.1) is 0 Å². The zero-order valence-corrected chi connectivity index (χ0v) is 16.2. The third-order valence-corrected chi connectivity index (χ3v) is 4.53. The summed E-state index contributed by atoms with van der Waals surface area (Å²) in [6.45, 7) is 0. The first-order valence-electron chi connectivity index (χ1n) is 9.35. The van der Waals surface area contributed by atoms with Gasteiger partial charge in [-0.25, -0.2) is 13.8 Å². The highest BCUT2D eigenvalue weighted by atomic mass is 19.1. The first kappa shape index (κ1) is 20.0. The number of nitrogens with one attached hydrogen (secondary N) is 1. The summed E-state index contributed by atoms with van der Waals surface area (Å²) in [6, 6.07) is 20.6. The second-order valence-electron chi connectivity index (χ2n) is 6.65. The third kappa shape index (κ3) is 4.51. The fourth-order valence-corrected chi connectivity index (χ4v) is 3.02. The Morgan fingerprint density at radius 2 is 1.65 bits per heavy atom. The minimum Gasteiger partial charge on any atom is -0.439 e. The maximum absolute atomic E-state index is 13.8. The Balaban J connectivity index is 1.54. The van der Waals surface area contributed by atoms with Crippen molar-refractivity contribution in [1.82, 2.24) is 4.98 Å². The van der Waals surface area contributed by atoms with Crippen LogP contribution in [-0.4, -0.2) is 10.9 Å². The van der Waals surface area contributed by atoms with Crippen molar-refractivity contribution in [2.75, 3.05) is 11.1 Å². The SMILES string of the molecule is Nc1ccc(Oc2ccccn2)cc1-c1ccc(NC(=O)c2c(F)cccc2F)cc1. The van der Waals surface area contributed by atoms with Crippen LogP contribution in [0.1, 0.15) is 10.4 Å². The standard InChI is InChI=1S/C24H17F2N3O2/c25-19-4-3-5-20(26)23(19)24(30)29-16-9-7-15(8-10-16)18-14-17(11-12-21(18)27)31-22-6-1-2-13-28-22/h1-14H,27H2,(H,29,30). The number of amides is 1. The van der Waals surface area contributed by atoms with Crippen molar-refractivity contribution in [3.8, 4) is 22.8 Å². The van der Waals surface area contributed by atoms with Gasteiger partial charge in [-0.2, -0.15) is 0 Å². The molecule has 0 saturated carbocycles. The molecule has 0 bridgehead atoms. The number of nitrogens with two attached hydrogens (primary N) is 1. The Kier molecular flexibility index (Phi) is 5.57. The summed E-state index contributed by atoms with van der Waals surface area (Å²) in [5, 5.41) is 2.49. The van der Waals surface area contributed by atoms with Gasteiger partial charge in [0.1, 0.15) is 22.9 Å². The Bertz CT molecular complexity index is 1210. The Morgan fingerprint density at radius 3 is 2.32 bits per heavy atom. The van der Waals surface area contributed by atoms with Gasteiger partial charge >= 0.3 is 0 Å². The van der Waals surface area contributed by atoms with Crippen molar-refractivity contribution in [3.05, 3.63) is 102 Å². The molecule has 0 aliphatic heterocycles. The molecule has 0 aliphatic carbocycles. The molecule has 31 heavy (non-hydrogen) atoms. The number of anilines is 2. The molecule has 0 saturated heterocycles. The minimum atomic E-state index is -0.924. The lowest BCUT2D eigenvalue weighted by atomic mass is 10.0. The molecule has 154 valence electrons. The maximum atomic E-state index is 13.8. The fraction of sp³-hybridized carbons (Fsp3) is 0.